The van der Waals surface area contributed by atoms with Gasteiger partial charge in [0.15, 0.2) is 0 Å². The van der Waals surface area contributed by atoms with Gasteiger partial charge in [-0.25, -0.2) is 0 Å². The summed E-state index contributed by atoms with van der Waals surface area (Å²) in [7, 11) is 3.92. The van der Waals surface area contributed by atoms with Gasteiger partial charge in [-0.15, -0.1) is 0 Å². The molecule has 94 valence electrons. The molecule has 1 aromatic rings. The Morgan fingerprint density at radius 1 is 1.18 bits per heavy atom. The summed E-state index contributed by atoms with van der Waals surface area (Å²) in [6.45, 7) is 7.77. The molecule has 0 amide bonds. The molecule has 1 heterocycles. The van der Waals surface area contributed by atoms with Crippen LogP contribution in [0.2, 0.25) is 0 Å². The molecule has 0 unspecified atom stereocenters. The zero-order chi connectivity index (χ0) is 12.3. The van der Waals surface area contributed by atoms with Crippen LogP contribution in [0.5, 0.6) is 5.75 Å². The minimum Gasteiger partial charge on any atom is -0.496 e. The van der Waals surface area contributed by atoms with Crippen LogP contribution in [-0.4, -0.2) is 50.1 Å². The maximum Gasteiger partial charge on any atom is 0.122 e. The van der Waals surface area contributed by atoms with Crippen molar-refractivity contribution in [2.24, 2.45) is 0 Å². The Bertz CT molecular complexity index is 370. The average Bonchev–Trinajstić information content (AvgIpc) is 2.34. The standard InChI is InChI=1S/C14H22N2O/c1-12-4-5-13(10-14(12)17-3)11-16-8-6-15(2)7-9-16/h4-5,10H,6-9,11H2,1-3H3. The lowest BCUT2D eigenvalue weighted by atomic mass is 10.1. The summed E-state index contributed by atoms with van der Waals surface area (Å²) < 4.78 is 5.37. The molecule has 0 aliphatic carbocycles. The monoisotopic (exact) mass is 234 g/mol. The van der Waals surface area contributed by atoms with E-state index < -0.39 is 0 Å². The van der Waals surface area contributed by atoms with Crippen molar-refractivity contribution < 1.29 is 4.74 Å². The summed E-state index contributed by atoms with van der Waals surface area (Å²) in [5.74, 6) is 0.997. The Morgan fingerprint density at radius 2 is 1.88 bits per heavy atom. The molecule has 1 aromatic carbocycles. The Labute approximate surface area is 104 Å². The zero-order valence-electron chi connectivity index (χ0n) is 11.1. The number of methoxy groups -OCH3 is 1. The van der Waals surface area contributed by atoms with E-state index >= 15 is 0 Å². The molecule has 3 heteroatoms. The van der Waals surface area contributed by atoms with Crippen LogP contribution in [0.4, 0.5) is 0 Å². The molecule has 0 aromatic heterocycles. The van der Waals surface area contributed by atoms with Gasteiger partial charge in [-0.1, -0.05) is 12.1 Å². The second-order valence-corrected chi connectivity index (χ2v) is 4.88. The maximum atomic E-state index is 5.37. The molecular weight excluding hydrogens is 212 g/mol. The van der Waals surface area contributed by atoms with Crippen LogP contribution in [0.15, 0.2) is 18.2 Å². The summed E-state index contributed by atoms with van der Waals surface area (Å²) in [6.07, 6.45) is 0. The molecule has 0 N–H and O–H groups in total. The van der Waals surface area contributed by atoms with E-state index in [9.17, 15) is 0 Å². The smallest absolute Gasteiger partial charge is 0.122 e. The Morgan fingerprint density at radius 3 is 2.53 bits per heavy atom. The maximum absolute atomic E-state index is 5.37. The first-order valence-electron chi connectivity index (χ1n) is 6.23. The van der Waals surface area contributed by atoms with Crippen LogP contribution in [0, 0.1) is 6.92 Å². The van der Waals surface area contributed by atoms with Crippen molar-refractivity contribution in [2.75, 3.05) is 40.3 Å². The van der Waals surface area contributed by atoms with Crippen molar-refractivity contribution in [1.82, 2.24) is 9.80 Å². The third kappa shape index (κ3) is 3.20. The summed E-state index contributed by atoms with van der Waals surface area (Å²) in [5, 5.41) is 0. The highest BCUT2D eigenvalue weighted by Crippen LogP contribution is 2.20. The lowest BCUT2D eigenvalue weighted by molar-refractivity contribution is 0.148. The minimum atomic E-state index is 0.997. The number of piperazine rings is 1. The van der Waals surface area contributed by atoms with Crippen molar-refractivity contribution >= 4 is 0 Å². The van der Waals surface area contributed by atoms with Gasteiger partial charge >= 0.3 is 0 Å². The normalized spacial score (nSPS) is 18.3. The van der Waals surface area contributed by atoms with Gasteiger partial charge in [0.2, 0.25) is 0 Å². The molecule has 1 aliphatic rings. The SMILES string of the molecule is COc1cc(CN2CCN(C)CC2)ccc1C. The van der Waals surface area contributed by atoms with Crippen LogP contribution in [-0.2, 0) is 6.54 Å². The molecule has 1 aliphatic heterocycles. The van der Waals surface area contributed by atoms with Crippen molar-refractivity contribution in [2.45, 2.75) is 13.5 Å². The molecule has 3 nitrogen and oxygen atoms in total. The van der Waals surface area contributed by atoms with Gasteiger partial charge in [-0.3, -0.25) is 4.90 Å². The number of nitrogens with zero attached hydrogens (tertiary/aromatic N) is 2. The number of hydrogen-bond acceptors (Lipinski definition) is 3. The van der Waals surface area contributed by atoms with Crippen molar-refractivity contribution in [3.8, 4) is 5.75 Å². The molecule has 17 heavy (non-hydrogen) atoms. The van der Waals surface area contributed by atoms with Crippen LogP contribution in [0.3, 0.4) is 0 Å². The Hall–Kier alpha value is -1.06. The Kier molecular flexibility index (Phi) is 4.02. The second kappa shape index (κ2) is 5.52. The predicted molar refractivity (Wildman–Crippen MR) is 70.5 cm³/mol. The highest BCUT2D eigenvalue weighted by atomic mass is 16.5. The summed E-state index contributed by atoms with van der Waals surface area (Å²) >= 11 is 0. The predicted octanol–water partition coefficient (Wildman–Crippen LogP) is 1.75. The van der Waals surface area contributed by atoms with E-state index in [-0.39, 0.29) is 0 Å². The van der Waals surface area contributed by atoms with Crippen LogP contribution >= 0.6 is 0 Å². The molecule has 0 saturated carbocycles. The summed E-state index contributed by atoms with van der Waals surface area (Å²) in [5.41, 5.74) is 2.55. The van der Waals surface area contributed by atoms with Crippen molar-refractivity contribution in [1.29, 1.82) is 0 Å². The molecule has 0 spiro atoms. The Balaban J connectivity index is 1.99. The first-order valence-corrected chi connectivity index (χ1v) is 6.23. The van der Waals surface area contributed by atoms with Crippen LogP contribution < -0.4 is 4.74 Å². The summed E-state index contributed by atoms with van der Waals surface area (Å²) in [6, 6.07) is 6.51. The fourth-order valence-electron chi connectivity index (χ4n) is 2.23. The quantitative estimate of drug-likeness (QED) is 0.792. The summed E-state index contributed by atoms with van der Waals surface area (Å²) in [4.78, 5) is 4.89. The molecule has 1 saturated heterocycles. The van der Waals surface area contributed by atoms with E-state index in [0.717, 1.165) is 25.4 Å². The third-order valence-electron chi connectivity index (χ3n) is 3.47. The van der Waals surface area contributed by atoms with Gasteiger partial charge in [0.1, 0.15) is 5.75 Å². The first-order chi connectivity index (χ1) is 8.19. The van der Waals surface area contributed by atoms with E-state index in [1.54, 1.807) is 7.11 Å². The van der Waals surface area contributed by atoms with Gasteiger partial charge in [0, 0.05) is 32.7 Å². The highest BCUT2D eigenvalue weighted by molar-refractivity contribution is 5.36. The molecule has 2 rings (SSSR count). The van der Waals surface area contributed by atoms with Gasteiger partial charge < -0.3 is 9.64 Å². The third-order valence-corrected chi connectivity index (χ3v) is 3.47. The number of rotatable bonds is 3. The fourth-order valence-corrected chi connectivity index (χ4v) is 2.23. The van der Waals surface area contributed by atoms with Crippen LogP contribution in [0.1, 0.15) is 11.1 Å². The fraction of sp³-hybridized carbons (Fsp3) is 0.571. The topological polar surface area (TPSA) is 15.7 Å². The van der Waals surface area contributed by atoms with Gasteiger partial charge in [0.05, 0.1) is 7.11 Å². The van der Waals surface area contributed by atoms with Crippen LogP contribution in [0.25, 0.3) is 0 Å². The zero-order valence-corrected chi connectivity index (χ0v) is 11.1. The average molecular weight is 234 g/mol. The largest absolute Gasteiger partial charge is 0.496 e. The lowest BCUT2D eigenvalue weighted by Crippen LogP contribution is -2.43. The van der Waals surface area contributed by atoms with E-state index in [0.29, 0.717) is 0 Å². The van der Waals surface area contributed by atoms with E-state index in [1.165, 1.54) is 24.2 Å². The van der Waals surface area contributed by atoms with Gasteiger partial charge in [0.25, 0.3) is 0 Å². The first kappa shape index (κ1) is 12.4. The second-order valence-electron chi connectivity index (χ2n) is 4.88. The molecule has 1 fully saturated rings. The van der Waals surface area contributed by atoms with E-state index in [1.807, 2.05) is 0 Å². The minimum absolute atomic E-state index is 0.997. The van der Waals surface area contributed by atoms with E-state index in [2.05, 4.69) is 42.0 Å². The highest BCUT2D eigenvalue weighted by Gasteiger charge is 2.14. The van der Waals surface area contributed by atoms with Gasteiger partial charge in [-0.05, 0) is 31.2 Å². The van der Waals surface area contributed by atoms with Crippen molar-refractivity contribution in [3.63, 3.8) is 0 Å². The van der Waals surface area contributed by atoms with Crippen molar-refractivity contribution in [3.05, 3.63) is 29.3 Å². The van der Waals surface area contributed by atoms with E-state index in [4.69, 9.17) is 4.74 Å². The molecule has 0 bridgehead atoms. The molecule has 0 radical (unpaired) electrons. The van der Waals surface area contributed by atoms with Gasteiger partial charge in [-0.2, -0.15) is 0 Å². The number of hydrogen-bond donors (Lipinski definition) is 0. The number of benzene rings is 1. The number of aryl methyl sites for hydroxylation is 1. The lowest BCUT2D eigenvalue weighted by Gasteiger charge is -2.32. The molecule has 0 atom stereocenters. The number of likely N-dealkylation sites (N-methyl/N-ethyl adjacent to an activating group) is 1. The number of ether oxygens (including phenoxy) is 1. The molecular formula is C14H22N2O.